The Hall–Kier alpha value is -0.270. The number of carbonyl (C=O) groups excluding carboxylic acids is 1. The van der Waals surface area contributed by atoms with Crippen LogP contribution >= 0.6 is 34.9 Å². The van der Waals surface area contributed by atoms with Crippen LogP contribution in [0.3, 0.4) is 0 Å². The van der Waals surface area contributed by atoms with Crippen LogP contribution < -0.4 is 5.32 Å². The number of amides is 1. The average Bonchev–Trinajstić information content (AvgIpc) is 3.11. The second kappa shape index (κ2) is 9.00. The number of aromatic nitrogens is 2. The summed E-state index contributed by atoms with van der Waals surface area (Å²) in [5.74, 6) is 1.22. The van der Waals surface area contributed by atoms with Gasteiger partial charge in [-0.05, 0) is 26.2 Å². The molecule has 1 heterocycles. The van der Waals surface area contributed by atoms with Gasteiger partial charge in [-0.25, -0.2) is 0 Å². The van der Waals surface area contributed by atoms with Gasteiger partial charge in [0.1, 0.15) is 0 Å². The highest BCUT2D eigenvalue weighted by Crippen LogP contribution is 2.31. The van der Waals surface area contributed by atoms with Crippen molar-refractivity contribution in [1.29, 1.82) is 0 Å². The van der Waals surface area contributed by atoms with Gasteiger partial charge in [-0.3, -0.25) is 4.79 Å². The van der Waals surface area contributed by atoms with Gasteiger partial charge in [-0.15, -0.1) is 10.2 Å². The summed E-state index contributed by atoms with van der Waals surface area (Å²) in [4.78, 5) is 12.1. The summed E-state index contributed by atoms with van der Waals surface area (Å²) in [6.45, 7) is 4.13. The van der Waals surface area contributed by atoms with E-state index < -0.39 is 0 Å². The Morgan fingerprint density at radius 2 is 2.10 bits per heavy atom. The van der Waals surface area contributed by atoms with Gasteiger partial charge in [-0.1, -0.05) is 61.0 Å². The molecule has 1 unspecified atom stereocenters. The van der Waals surface area contributed by atoms with Gasteiger partial charge >= 0.3 is 0 Å². The van der Waals surface area contributed by atoms with Crippen molar-refractivity contribution in [2.45, 2.75) is 72.3 Å². The Morgan fingerprint density at radius 1 is 1.38 bits per heavy atom. The van der Waals surface area contributed by atoms with E-state index in [4.69, 9.17) is 0 Å². The predicted octanol–water partition coefficient (Wildman–Crippen LogP) is 3.97. The van der Waals surface area contributed by atoms with Gasteiger partial charge in [0.25, 0.3) is 0 Å². The molecule has 1 atom stereocenters. The normalized spacial score (nSPS) is 17.0. The Balaban J connectivity index is 1.76. The van der Waals surface area contributed by atoms with Crippen molar-refractivity contribution in [3.63, 3.8) is 0 Å². The van der Waals surface area contributed by atoms with Gasteiger partial charge in [0.05, 0.1) is 5.25 Å². The molecule has 1 N–H and O–H groups in total. The maximum Gasteiger partial charge on any atom is 0.233 e. The van der Waals surface area contributed by atoms with Gasteiger partial charge in [0.2, 0.25) is 5.91 Å². The fraction of sp³-hybridized carbons (Fsp3) is 0.786. The molecule has 1 aliphatic carbocycles. The van der Waals surface area contributed by atoms with E-state index in [1.54, 1.807) is 23.1 Å². The van der Waals surface area contributed by atoms with Crippen molar-refractivity contribution < 1.29 is 4.79 Å². The third-order valence-electron chi connectivity index (χ3n) is 3.46. The fourth-order valence-electron chi connectivity index (χ4n) is 2.20. The Morgan fingerprint density at radius 3 is 2.81 bits per heavy atom. The molecule has 1 amide bonds. The lowest BCUT2D eigenvalue weighted by Crippen LogP contribution is -2.37. The number of unbranched alkanes of at least 4 members (excludes halogenated alkanes) is 1. The number of hydrogen-bond acceptors (Lipinski definition) is 6. The molecule has 1 fully saturated rings. The lowest BCUT2D eigenvalue weighted by atomic mass is 10.2. The van der Waals surface area contributed by atoms with Crippen molar-refractivity contribution in [3.05, 3.63) is 0 Å². The highest BCUT2D eigenvalue weighted by Gasteiger charge is 2.22. The maximum atomic E-state index is 12.1. The predicted molar refractivity (Wildman–Crippen MR) is 91.3 cm³/mol. The minimum Gasteiger partial charge on any atom is -0.352 e. The minimum absolute atomic E-state index is 0.105. The van der Waals surface area contributed by atoms with E-state index in [1.807, 2.05) is 6.92 Å². The van der Waals surface area contributed by atoms with Crippen LogP contribution in [0.1, 0.15) is 52.4 Å². The molecule has 1 aromatic rings. The Kier molecular flexibility index (Phi) is 7.33. The summed E-state index contributed by atoms with van der Waals surface area (Å²) in [5.41, 5.74) is 0. The smallest absolute Gasteiger partial charge is 0.233 e. The first-order chi connectivity index (χ1) is 10.2. The maximum absolute atomic E-state index is 12.1. The zero-order valence-corrected chi connectivity index (χ0v) is 15.1. The van der Waals surface area contributed by atoms with Crippen LogP contribution in [-0.4, -0.2) is 33.1 Å². The van der Waals surface area contributed by atoms with Gasteiger partial charge in [-0.2, -0.15) is 0 Å². The molecule has 0 radical (unpaired) electrons. The standard InChI is InChI=1S/C14H23N3OS3/c1-3-4-9-19-13-16-17-14(21-13)20-10(2)12(18)15-11-7-5-6-8-11/h10-11H,3-9H2,1-2H3,(H,15,18). The first-order valence-corrected chi connectivity index (χ1v) is 10.3. The van der Waals surface area contributed by atoms with Gasteiger partial charge < -0.3 is 5.32 Å². The largest absolute Gasteiger partial charge is 0.352 e. The third-order valence-corrected chi connectivity index (χ3v) is 6.79. The van der Waals surface area contributed by atoms with Crippen LogP contribution in [0.4, 0.5) is 0 Å². The van der Waals surface area contributed by atoms with E-state index in [1.165, 1.54) is 37.4 Å². The molecule has 2 rings (SSSR count). The van der Waals surface area contributed by atoms with E-state index >= 15 is 0 Å². The summed E-state index contributed by atoms with van der Waals surface area (Å²) in [6.07, 6.45) is 7.13. The molecular formula is C14H23N3OS3. The van der Waals surface area contributed by atoms with Crippen molar-refractivity contribution in [2.24, 2.45) is 0 Å². The van der Waals surface area contributed by atoms with Crippen molar-refractivity contribution in [2.75, 3.05) is 5.75 Å². The zero-order chi connectivity index (χ0) is 15.1. The van der Waals surface area contributed by atoms with Crippen molar-refractivity contribution in [1.82, 2.24) is 15.5 Å². The minimum atomic E-state index is -0.105. The zero-order valence-electron chi connectivity index (χ0n) is 12.6. The van der Waals surface area contributed by atoms with Crippen LogP contribution in [0.5, 0.6) is 0 Å². The molecule has 0 bridgehead atoms. The molecular weight excluding hydrogens is 322 g/mol. The summed E-state index contributed by atoms with van der Waals surface area (Å²) in [5, 5.41) is 11.4. The molecule has 0 saturated heterocycles. The molecule has 1 aliphatic rings. The van der Waals surface area contributed by atoms with Gasteiger partial charge in [0, 0.05) is 11.8 Å². The molecule has 1 aromatic heterocycles. The van der Waals surface area contributed by atoms with Crippen LogP contribution in [0.2, 0.25) is 0 Å². The molecule has 1 saturated carbocycles. The SMILES string of the molecule is CCCCSc1nnc(SC(C)C(=O)NC2CCCC2)s1. The molecule has 118 valence electrons. The Labute approximate surface area is 139 Å². The summed E-state index contributed by atoms with van der Waals surface area (Å²) >= 11 is 4.87. The summed E-state index contributed by atoms with van der Waals surface area (Å²) in [7, 11) is 0. The van der Waals surface area contributed by atoms with Crippen LogP contribution in [-0.2, 0) is 4.79 Å². The fourth-order valence-corrected chi connectivity index (χ4v) is 5.53. The number of hydrogen-bond donors (Lipinski definition) is 1. The summed E-state index contributed by atoms with van der Waals surface area (Å²) < 4.78 is 1.90. The van der Waals surface area contributed by atoms with E-state index in [9.17, 15) is 4.79 Å². The Bertz CT molecular complexity index is 446. The van der Waals surface area contributed by atoms with Crippen LogP contribution in [0, 0.1) is 0 Å². The molecule has 7 heteroatoms. The highest BCUT2D eigenvalue weighted by atomic mass is 32.2. The molecule has 0 aromatic carbocycles. The van der Waals surface area contributed by atoms with E-state index in [-0.39, 0.29) is 11.2 Å². The van der Waals surface area contributed by atoms with Crippen molar-refractivity contribution >= 4 is 40.8 Å². The van der Waals surface area contributed by atoms with E-state index in [2.05, 4.69) is 22.4 Å². The van der Waals surface area contributed by atoms with Crippen LogP contribution in [0.15, 0.2) is 8.68 Å². The number of rotatable bonds is 8. The molecule has 4 nitrogen and oxygen atoms in total. The monoisotopic (exact) mass is 345 g/mol. The second-order valence-corrected chi connectivity index (χ2v) is 9.19. The van der Waals surface area contributed by atoms with Crippen LogP contribution in [0.25, 0.3) is 0 Å². The number of nitrogens with zero attached hydrogens (tertiary/aromatic N) is 2. The topological polar surface area (TPSA) is 54.9 Å². The molecule has 0 spiro atoms. The van der Waals surface area contributed by atoms with E-state index in [0.717, 1.165) is 27.3 Å². The van der Waals surface area contributed by atoms with E-state index in [0.29, 0.717) is 6.04 Å². The molecule has 0 aliphatic heterocycles. The number of nitrogens with one attached hydrogen (secondary N) is 1. The lowest BCUT2D eigenvalue weighted by molar-refractivity contribution is -0.120. The van der Waals surface area contributed by atoms with Gasteiger partial charge in [0.15, 0.2) is 8.68 Å². The highest BCUT2D eigenvalue weighted by molar-refractivity contribution is 8.03. The second-order valence-electron chi connectivity index (χ2n) is 5.29. The molecule has 21 heavy (non-hydrogen) atoms. The first kappa shape index (κ1) is 17.1. The quantitative estimate of drug-likeness (QED) is 0.571. The number of carbonyl (C=O) groups is 1. The third kappa shape index (κ3) is 5.79. The average molecular weight is 346 g/mol. The van der Waals surface area contributed by atoms with Crippen molar-refractivity contribution in [3.8, 4) is 0 Å². The lowest BCUT2D eigenvalue weighted by Gasteiger charge is -2.15. The number of thioether (sulfide) groups is 2. The summed E-state index contributed by atoms with van der Waals surface area (Å²) in [6, 6.07) is 0.384. The first-order valence-electron chi connectivity index (χ1n) is 7.62.